The van der Waals surface area contributed by atoms with E-state index in [1.165, 1.54) is 12.1 Å². The van der Waals surface area contributed by atoms with Gasteiger partial charge in [-0.15, -0.1) is 0 Å². The zero-order chi connectivity index (χ0) is 27.1. The first-order valence-electron chi connectivity index (χ1n) is 11.0. The van der Waals surface area contributed by atoms with Crippen LogP contribution in [0.2, 0.25) is 5.02 Å². The summed E-state index contributed by atoms with van der Waals surface area (Å²) in [5.74, 6) is -0.946. The molecule has 0 saturated carbocycles. The first-order valence-corrected chi connectivity index (χ1v) is 12.8. The molecule has 11 nitrogen and oxygen atoms in total. The molecule has 0 unspecified atom stereocenters. The molecular formula is C22H35ClN4O7S. The average Bonchev–Trinajstić information content (AvgIpc) is 2.78. The summed E-state index contributed by atoms with van der Waals surface area (Å²) in [6.45, 7) is 4.97. The highest BCUT2D eigenvalue weighted by molar-refractivity contribution is 7.89. The number of rotatable bonds is 11. The minimum absolute atomic E-state index is 0.0212. The number of nitrogens with zero attached hydrogens (tertiary/aromatic N) is 2. The molecule has 2 aromatic carbocycles. The van der Waals surface area contributed by atoms with Gasteiger partial charge in [0, 0.05) is 18.8 Å². The predicted octanol–water partition coefficient (Wildman–Crippen LogP) is 1.22. The lowest BCUT2D eigenvalue weighted by molar-refractivity contribution is -0.870. The van der Waals surface area contributed by atoms with Gasteiger partial charge < -0.3 is 25.3 Å². The Labute approximate surface area is 211 Å². The lowest BCUT2D eigenvalue weighted by Crippen LogP contribution is -2.39. The fraction of sp³-hybridized carbons (Fsp3) is 0.545. The molecule has 13 heteroatoms. The van der Waals surface area contributed by atoms with Gasteiger partial charge in [0.1, 0.15) is 17.9 Å². The third kappa shape index (κ3) is 7.63. The highest BCUT2D eigenvalue weighted by Crippen LogP contribution is 2.38. The van der Waals surface area contributed by atoms with Crippen LogP contribution in [-0.4, -0.2) is 77.0 Å². The number of aliphatic hydroxyl groups is 1. The van der Waals surface area contributed by atoms with E-state index in [2.05, 4.69) is 36.6 Å². The molecular weight excluding hydrogens is 500 g/mol. The number of nitrogens with one attached hydrogen (secondary N) is 2. The molecule has 198 valence electrons. The minimum atomic E-state index is -4.32. The lowest BCUT2D eigenvalue weighted by Gasteiger charge is -2.25. The van der Waals surface area contributed by atoms with Crippen LogP contribution in [0.1, 0.15) is 26.7 Å². The van der Waals surface area contributed by atoms with Gasteiger partial charge >= 0.3 is 0 Å². The number of halogens is 1. The fourth-order valence-electron chi connectivity index (χ4n) is 2.88. The van der Waals surface area contributed by atoms with E-state index in [-0.39, 0.29) is 34.7 Å². The van der Waals surface area contributed by atoms with Crippen LogP contribution in [0.3, 0.4) is 0 Å². The van der Waals surface area contributed by atoms with Crippen LogP contribution in [0.5, 0.6) is 5.75 Å². The molecule has 0 atom stereocenters. The number of benzene rings is 1. The Morgan fingerprint density at radius 3 is 2.11 bits per heavy atom. The third-order valence-corrected chi connectivity index (χ3v) is 7.37. The van der Waals surface area contributed by atoms with Gasteiger partial charge in [0.15, 0.2) is 0 Å². The maximum Gasteiger partial charge on any atom is 0.265 e. The van der Waals surface area contributed by atoms with Gasteiger partial charge in [0.2, 0.25) is 0 Å². The van der Waals surface area contributed by atoms with Crippen LogP contribution >= 0.6 is 11.6 Å². The number of likely N-dealkylation sites (N-methyl/N-ethyl adjacent to an activating group) is 1. The molecule has 0 spiro atoms. The van der Waals surface area contributed by atoms with Crippen molar-refractivity contribution in [1.82, 2.24) is 4.47 Å². The Kier molecular flexibility index (Phi) is 11.1. The summed E-state index contributed by atoms with van der Waals surface area (Å²) in [6, 6.07) is 2.43. The summed E-state index contributed by atoms with van der Waals surface area (Å²) >= 11 is 5.92. The van der Waals surface area contributed by atoms with Crippen molar-refractivity contribution in [3.05, 3.63) is 37.6 Å². The van der Waals surface area contributed by atoms with Crippen molar-refractivity contribution in [1.29, 1.82) is 0 Å². The normalized spacial score (nSPS) is 12.1. The fourth-order valence-corrected chi connectivity index (χ4v) is 4.44. The Morgan fingerprint density at radius 2 is 1.69 bits per heavy atom. The topological polar surface area (TPSA) is 148 Å². The maximum absolute atomic E-state index is 12.7. The van der Waals surface area contributed by atoms with E-state index in [1.54, 1.807) is 0 Å². The van der Waals surface area contributed by atoms with Crippen molar-refractivity contribution in [2.24, 2.45) is 0 Å². The standard InChI is InChI=1S/C17H22ClN3O6S.C5H14NO/c1-5-9(6-2)19-12-13(16(24)15(12)23)20-11-8-7-10(18)17(14(11)22)28(25,26)21(3)27-4;1-6(2,3)4-5-7/h7-9,19-20,22H,5-6H2,1-4H3;7H,4-5H2,1-3H3/q;+1/p-1. The smallest absolute Gasteiger partial charge is 0.265 e. The Morgan fingerprint density at radius 1 is 1.14 bits per heavy atom. The molecule has 3 N–H and O–H groups in total. The monoisotopic (exact) mass is 534 g/mol. The summed E-state index contributed by atoms with van der Waals surface area (Å²) < 4.78 is 26.3. The van der Waals surface area contributed by atoms with Crippen molar-refractivity contribution in [2.45, 2.75) is 37.6 Å². The van der Waals surface area contributed by atoms with Crippen LogP contribution in [-0.2, 0) is 14.9 Å². The number of sulfonamides is 1. The van der Waals surface area contributed by atoms with Crippen molar-refractivity contribution in [3.8, 4) is 5.75 Å². The first-order chi connectivity index (χ1) is 16.2. The molecule has 2 aromatic rings. The quantitative estimate of drug-likeness (QED) is 0.220. The number of hydroxylamine groups is 1. The molecule has 0 aromatic heterocycles. The van der Waals surface area contributed by atoms with Crippen LogP contribution in [0.25, 0.3) is 0 Å². The maximum atomic E-state index is 12.7. The van der Waals surface area contributed by atoms with E-state index in [1.807, 2.05) is 13.8 Å². The average molecular weight is 535 g/mol. The van der Waals surface area contributed by atoms with Crippen LogP contribution in [0.4, 0.5) is 17.1 Å². The Balaban J connectivity index is 0.000000762. The van der Waals surface area contributed by atoms with Gasteiger partial charge in [0.05, 0.1) is 44.8 Å². The van der Waals surface area contributed by atoms with Gasteiger partial charge in [-0.25, -0.2) is 8.42 Å². The van der Waals surface area contributed by atoms with Gasteiger partial charge in [-0.2, -0.15) is 0 Å². The molecule has 0 aliphatic heterocycles. The van der Waals surface area contributed by atoms with Gasteiger partial charge in [-0.05, 0) is 25.0 Å². The molecule has 0 radical (unpaired) electrons. The summed E-state index contributed by atoms with van der Waals surface area (Å²) in [7, 11) is 4.07. The Hall–Kier alpha value is -2.22. The van der Waals surface area contributed by atoms with Gasteiger partial charge in [0.25, 0.3) is 20.9 Å². The van der Waals surface area contributed by atoms with Crippen LogP contribution in [0, 0.1) is 0 Å². The molecule has 2 rings (SSSR count). The summed E-state index contributed by atoms with van der Waals surface area (Å²) in [4.78, 5) is 27.8. The molecule has 0 aliphatic carbocycles. The van der Waals surface area contributed by atoms with Crippen molar-refractivity contribution in [3.63, 3.8) is 0 Å². The van der Waals surface area contributed by atoms with Crippen LogP contribution in [0.15, 0.2) is 26.6 Å². The number of hydrogen-bond acceptors (Lipinski definition) is 9. The second-order valence-electron chi connectivity index (χ2n) is 8.78. The zero-order valence-electron chi connectivity index (χ0n) is 21.1. The predicted molar refractivity (Wildman–Crippen MR) is 135 cm³/mol. The van der Waals surface area contributed by atoms with Crippen molar-refractivity contribution >= 4 is 38.7 Å². The van der Waals surface area contributed by atoms with Gasteiger partial charge in [-0.3, -0.25) is 14.4 Å². The number of aliphatic hydroxyl groups excluding tert-OH is 1. The number of anilines is 3. The molecule has 0 aliphatic rings. The molecule has 0 amide bonds. The Bertz CT molecular complexity index is 1170. The van der Waals surface area contributed by atoms with E-state index in [0.29, 0.717) is 4.47 Å². The first kappa shape index (κ1) is 30.8. The number of hydrogen-bond donors (Lipinski definition) is 3. The highest BCUT2D eigenvalue weighted by atomic mass is 35.5. The van der Waals surface area contributed by atoms with E-state index >= 15 is 0 Å². The second kappa shape index (κ2) is 12.7. The minimum Gasteiger partial charge on any atom is -0.870 e. The second-order valence-corrected chi connectivity index (χ2v) is 11.1. The SMILES string of the molecule is CCC(CC)Nc1c(Nc2ccc(Cl)c(S(=O)(=O)N(C)OC)c2[O-])c(=O)c1=O.C[N+](C)(C)CCO. The molecule has 0 bridgehead atoms. The van der Waals surface area contributed by atoms with E-state index in [9.17, 15) is 23.1 Å². The molecule has 35 heavy (non-hydrogen) atoms. The molecule has 0 saturated heterocycles. The largest absolute Gasteiger partial charge is 0.870 e. The molecule has 0 heterocycles. The summed E-state index contributed by atoms with van der Waals surface area (Å²) in [5.41, 5.74) is -1.69. The van der Waals surface area contributed by atoms with Crippen molar-refractivity contribution < 1.29 is 28.0 Å². The molecule has 0 fully saturated rings. The zero-order valence-corrected chi connectivity index (χ0v) is 22.7. The van der Waals surface area contributed by atoms with Gasteiger partial charge in [-0.1, -0.05) is 35.7 Å². The third-order valence-electron chi connectivity index (χ3n) is 5.19. The van der Waals surface area contributed by atoms with Crippen LogP contribution < -0.4 is 26.6 Å². The summed E-state index contributed by atoms with van der Waals surface area (Å²) in [5, 5.41) is 26.4. The number of quaternary nitrogens is 1. The van der Waals surface area contributed by atoms with E-state index in [4.69, 9.17) is 16.7 Å². The van der Waals surface area contributed by atoms with E-state index < -0.39 is 31.5 Å². The lowest BCUT2D eigenvalue weighted by atomic mass is 10.1. The van der Waals surface area contributed by atoms with Crippen molar-refractivity contribution in [2.75, 3.05) is 59.1 Å². The summed E-state index contributed by atoms with van der Waals surface area (Å²) in [6.07, 6.45) is 1.46. The highest BCUT2D eigenvalue weighted by Gasteiger charge is 2.27. The van der Waals surface area contributed by atoms with E-state index in [0.717, 1.165) is 38.0 Å².